The van der Waals surface area contributed by atoms with Crippen molar-refractivity contribution in [3.63, 3.8) is 0 Å². The van der Waals surface area contributed by atoms with Crippen LogP contribution in [0, 0.1) is 5.82 Å². The van der Waals surface area contributed by atoms with E-state index >= 15 is 0 Å². The molecule has 0 saturated heterocycles. The Kier molecular flexibility index (Phi) is 4.23. The highest BCUT2D eigenvalue weighted by Gasteiger charge is 2.41. The van der Waals surface area contributed by atoms with Gasteiger partial charge in [0.1, 0.15) is 11.4 Å². The van der Waals surface area contributed by atoms with E-state index in [2.05, 4.69) is 10.6 Å². The molecule has 0 aromatic heterocycles. The van der Waals surface area contributed by atoms with Crippen LogP contribution in [0.25, 0.3) is 0 Å². The highest BCUT2D eigenvalue weighted by atomic mass is 19.1. The fourth-order valence-electron chi connectivity index (χ4n) is 2.22. The lowest BCUT2D eigenvalue weighted by Crippen LogP contribution is -2.30. The number of hydrogen-bond acceptors (Lipinski definition) is 3. The zero-order valence-corrected chi connectivity index (χ0v) is 13.0. The third-order valence-electron chi connectivity index (χ3n) is 3.61. The van der Waals surface area contributed by atoms with E-state index in [0.717, 1.165) is 12.8 Å². The van der Waals surface area contributed by atoms with Crippen LogP contribution in [0.4, 0.5) is 14.9 Å². The van der Waals surface area contributed by atoms with Crippen molar-refractivity contribution in [1.82, 2.24) is 5.32 Å². The van der Waals surface area contributed by atoms with E-state index in [-0.39, 0.29) is 11.4 Å². The number of anilines is 1. The number of rotatable bonds is 4. The summed E-state index contributed by atoms with van der Waals surface area (Å²) in [5, 5.41) is 5.79. The van der Waals surface area contributed by atoms with Gasteiger partial charge in [0.05, 0.1) is 0 Å². The third kappa shape index (κ3) is 4.43. The van der Waals surface area contributed by atoms with Gasteiger partial charge in [0.2, 0.25) is 0 Å². The van der Waals surface area contributed by atoms with E-state index in [1.165, 1.54) is 6.07 Å². The molecule has 1 aliphatic rings. The van der Waals surface area contributed by atoms with Gasteiger partial charge in [0.15, 0.2) is 0 Å². The predicted octanol–water partition coefficient (Wildman–Crippen LogP) is 3.47. The van der Waals surface area contributed by atoms with Crippen molar-refractivity contribution in [2.45, 2.75) is 51.2 Å². The van der Waals surface area contributed by atoms with Crippen molar-refractivity contribution in [3.8, 4) is 0 Å². The number of benzene rings is 1. The Morgan fingerprint density at radius 1 is 1.38 bits per heavy atom. The molecule has 0 unspecified atom stereocenters. The molecule has 2 N–H and O–H groups in total. The zero-order valence-electron chi connectivity index (χ0n) is 13.0. The number of halogens is 1. The van der Waals surface area contributed by atoms with Gasteiger partial charge in [-0.15, -0.1) is 0 Å². The Morgan fingerprint density at radius 2 is 2.05 bits per heavy atom. The molecule has 0 bridgehead atoms. The third-order valence-corrected chi connectivity index (χ3v) is 3.61. The van der Waals surface area contributed by atoms with E-state index in [4.69, 9.17) is 4.74 Å². The summed E-state index contributed by atoms with van der Waals surface area (Å²) >= 11 is 0. The van der Waals surface area contributed by atoms with Gasteiger partial charge in [-0.25, -0.2) is 9.18 Å². The summed E-state index contributed by atoms with van der Waals surface area (Å²) in [5.74, 6) is -0.301. The minimum absolute atomic E-state index is 0.0565. The molecule has 0 heterocycles. The van der Waals surface area contributed by atoms with E-state index in [0.29, 0.717) is 17.7 Å². The van der Waals surface area contributed by atoms with Crippen molar-refractivity contribution in [1.29, 1.82) is 0 Å². The molecule has 5 heteroatoms. The van der Waals surface area contributed by atoms with Gasteiger partial charge in [-0.3, -0.25) is 5.32 Å². The summed E-state index contributed by atoms with van der Waals surface area (Å²) in [7, 11) is 1.91. The molecule has 4 nitrogen and oxygen atoms in total. The SMILES string of the molecule is CNC1(Cc2ccc(NC(=O)OC(C)(C)C)cc2F)CC1. The van der Waals surface area contributed by atoms with Crippen LogP contribution in [0.2, 0.25) is 0 Å². The second-order valence-corrected chi connectivity index (χ2v) is 6.64. The number of likely N-dealkylation sites (N-methyl/N-ethyl adjacent to an activating group) is 1. The quantitative estimate of drug-likeness (QED) is 0.894. The molecule has 0 atom stereocenters. The fourth-order valence-corrected chi connectivity index (χ4v) is 2.22. The molecule has 1 fully saturated rings. The summed E-state index contributed by atoms with van der Waals surface area (Å²) in [4.78, 5) is 11.6. The second kappa shape index (κ2) is 5.64. The van der Waals surface area contributed by atoms with Crippen LogP contribution in [0.3, 0.4) is 0 Å². The Labute approximate surface area is 125 Å². The maximum absolute atomic E-state index is 14.1. The summed E-state index contributed by atoms with van der Waals surface area (Å²) in [6.07, 6.45) is 2.23. The largest absolute Gasteiger partial charge is 0.444 e. The number of hydrogen-bond donors (Lipinski definition) is 2. The van der Waals surface area contributed by atoms with E-state index in [1.54, 1.807) is 32.9 Å². The van der Waals surface area contributed by atoms with E-state index < -0.39 is 11.7 Å². The summed E-state index contributed by atoms with van der Waals surface area (Å²) in [6, 6.07) is 4.76. The Hall–Kier alpha value is -1.62. The van der Waals surface area contributed by atoms with Crippen LogP contribution >= 0.6 is 0 Å². The molecule has 0 aliphatic heterocycles. The average Bonchev–Trinajstić information content (AvgIpc) is 3.11. The summed E-state index contributed by atoms with van der Waals surface area (Å²) in [5.41, 5.74) is 0.547. The lowest BCUT2D eigenvalue weighted by atomic mass is 10.0. The molecule has 1 saturated carbocycles. The molecule has 116 valence electrons. The Morgan fingerprint density at radius 3 is 2.52 bits per heavy atom. The lowest BCUT2D eigenvalue weighted by Gasteiger charge is -2.20. The van der Waals surface area contributed by atoms with Gasteiger partial charge in [-0.2, -0.15) is 0 Å². The van der Waals surface area contributed by atoms with Crippen LogP contribution in [-0.2, 0) is 11.2 Å². The van der Waals surface area contributed by atoms with E-state index in [1.807, 2.05) is 7.05 Å². The molecule has 0 radical (unpaired) electrons. The highest BCUT2D eigenvalue weighted by molar-refractivity contribution is 5.84. The first-order valence-corrected chi connectivity index (χ1v) is 7.20. The standard InChI is InChI=1S/C16H23FN2O2/c1-15(2,3)21-14(20)19-12-6-5-11(13(17)9-12)10-16(18-4)7-8-16/h5-6,9,18H,7-8,10H2,1-4H3,(H,19,20). The smallest absolute Gasteiger partial charge is 0.412 e. The average molecular weight is 294 g/mol. The number of ether oxygens (including phenoxy) is 1. The second-order valence-electron chi connectivity index (χ2n) is 6.64. The lowest BCUT2D eigenvalue weighted by molar-refractivity contribution is 0.0636. The monoisotopic (exact) mass is 294 g/mol. The van der Waals surface area contributed by atoms with Gasteiger partial charge in [-0.05, 0) is 64.8 Å². The van der Waals surface area contributed by atoms with Crippen LogP contribution in [0.1, 0.15) is 39.2 Å². The van der Waals surface area contributed by atoms with E-state index in [9.17, 15) is 9.18 Å². The maximum Gasteiger partial charge on any atom is 0.412 e. The Bertz CT molecular complexity index is 534. The topological polar surface area (TPSA) is 50.4 Å². The number of nitrogens with one attached hydrogen (secondary N) is 2. The predicted molar refractivity (Wildman–Crippen MR) is 81.0 cm³/mol. The number of amides is 1. The molecule has 1 aliphatic carbocycles. The molecule has 1 amide bonds. The minimum atomic E-state index is -0.580. The summed E-state index contributed by atoms with van der Waals surface area (Å²) in [6.45, 7) is 5.34. The minimum Gasteiger partial charge on any atom is -0.444 e. The maximum atomic E-state index is 14.1. The van der Waals surface area contributed by atoms with Crippen molar-refractivity contribution in [2.75, 3.05) is 12.4 Å². The van der Waals surface area contributed by atoms with Gasteiger partial charge in [0, 0.05) is 11.2 Å². The van der Waals surface area contributed by atoms with Crippen molar-refractivity contribution in [3.05, 3.63) is 29.6 Å². The zero-order chi connectivity index (χ0) is 15.7. The summed E-state index contributed by atoms with van der Waals surface area (Å²) < 4.78 is 19.3. The molecule has 0 spiro atoms. The first kappa shape index (κ1) is 15.8. The van der Waals surface area contributed by atoms with Crippen LogP contribution in [0.15, 0.2) is 18.2 Å². The van der Waals surface area contributed by atoms with Crippen LogP contribution in [0.5, 0.6) is 0 Å². The molecule has 1 aromatic carbocycles. The van der Waals surface area contributed by atoms with Gasteiger partial charge in [0.25, 0.3) is 0 Å². The van der Waals surface area contributed by atoms with Crippen LogP contribution in [-0.4, -0.2) is 24.3 Å². The van der Waals surface area contributed by atoms with Crippen molar-refractivity contribution < 1.29 is 13.9 Å². The highest BCUT2D eigenvalue weighted by Crippen LogP contribution is 2.38. The fraction of sp³-hybridized carbons (Fsp3) is 0.562. The van der Waals surface area contributed by atoms with Gasteiger partial charge in [-0.1, -0.05) is 6.07 Å². The van der Waals surface area contributed by atoms with Crippen molar-refractivity contribution >= 4 is 11.8 Å². The first-order valence-electron chi connectivity index (χ1n) is 7.20. The van der Waals surface area contributed by atoms with Crippen LogP contribution < -0.4 is 10.6 Å². The number of carbonyl (C=O) groups excluding carboxylic acids is 1. The first-order chi connectivity index (χ1) is 9.73. The molecule has 21 heavy (non-hydrogen) atoms. The van der Waals surface area contributed by atoms with Gasteiger partial charge >= 0.3 is 6.09 Å². The number of carbonyl (C=O) groups is 1. The molecular weight excluding hydrogens is 271 g/mol. The normalized spacial score (nSPS) is 16.4. The molecule has 1 aromatic rings. The van der Waals surface area contributed by atoms with Crippen molar-refractivity contribution in [2.24, 2.45) is 0 Å². The molecular formula is C16H23FN2O2. The molecule has 2 rings (SSSR count). The Balaban J connectivity index is 2.00. The van der Waals surface area contributed by atoms with Gasteiger partial charge < -0.3 is 10.1 Å².